The van der Waals surface area contributed by atoms with Gasteiger partial charge in [0, 0.05) is 12.1 Å². The Labute approximate surface area is 91.2 Å². The summed E-state index contributed by atoms with van der Waals surface area (Å²) in [4.78, 5) is 0. The summed E-state index contributed by atoms with van der Waals surface area (Å²) < 4.78 is 5.53. The van der Waals surface area contributed by atoms with Crippen molar-refractivity contribution in [3.63, 3.8) is 0 Å². The summed E-state index contributed by atoms with van der Waals surface area (Å²) in [5.41, 5.74) is 0.255. The van der Waals surface area contributed by atoms with E-state index in [2.05, 4.69) is 24.0 Å². The molecular weight excluding hydrogens is 194 g/mol. The Balaban J connectivity index is 1.72. The Morgan fingerprint density at radius 1 is 1.57 bits per heavy atom. The van der Waals surface area contributed by atoms with Crippen molar-refractivity contribution in [1.82, 2.24) is 5.32 Å². The molecule has 0 aromatic heterocycles. The number of hydrogen-bond donors (Lipinski definition) is 1. The highest BCUT2D eigenvalue weighted by atomic mass is 32.2. The van der Waals surface area contributed by atoms with E-state index in [-0.39, 0.29) is 5.54 Å². The zero-order valence-electron chi connectivity index (χ0n) is 9.05. The van der Waals surface area contributed by atoms with Crippen molar-refractivity contribution in [3.8, 4) is 0 Å². The highest BCUT2D eigenvalue weighted by Crippen LogP contribution is 2.24. The normalized spacial score (nSPS) is 38.8. The molecule has 0 bridgehead atoms. The molecule has 2 heterocycles. The average Bonchev–Trinajstić information content (AvgIpc) is 2.69. The first-order valence-electron chi connectivity index (χ1n) is 5.69. The molecule has 0 saturated carbocycles. The highest BCUT2D eigenvalue weighted by Gasteiger charge is 2.28. The van der Waals surface area contributed by atoms with Gasteiger partial charge in [0.15, 0.2) is 0 Å². The summed E-state index contributed by atoms with van der Waals surface area (Å²) in [6.07, 6.45) is 3.88. The molecule has 0 spiro atoms. The first-order valence-corrected chi connectivity index (χ1v) is 6.84. The Kier molecular flexibility index (Phi) is 3.74. The third-order valence-corrected chi connectivity index (χ3v) is 4.51. The van der Waals surface area contributed by atoms with Gasteiger partial charge in [-0.2, -0.15) is 11.8 Å². The van der Waals surface area contributed by atoms with Crippen LogP contribution in [0.15, 0.2) is 0 Å². The molecule has 2 fully saturated rings. The van der Waals surface area contributed by atoms with Crippen LogP contribution in [0, 0.1) is 5.92 Å². The van der Waals surface area contributed by atoms with Gasteiger partial charge in [0.1, 0.15) is 0 Å². The van der Waals surface area contributed by atoms with E-state index in [0.29, 0.717) is 0 Å². The van der Waals surface area contributed by atoms with E-state index in [1.807, 2.05) is 0 Å². The third kappa shape index (κ3) is 2.88. The van der Waals surface area contributed by atoms with Crippen molar-refractivity contribution in [2.75, 3.05) is 31.3 Å². The maximum atomic E-state index is 5.53. The van der Waals surface area contributed by atoms with Crippen LogP contribution in [0.1, 0.15) is 26.2 Å². The van der Waals surface area contributed by atoms with E-state index >= 15 is 0 Å². The predicted octanol–water partition coefficient (Wildman–Crippen LogP) is 1.90. The lowest BCUT2D eigenvalue weighted by Gasteiger charge is -2.35. The molecule has 2 aliphatic heterocycles. The monoisotopic (exact) mass is 215 g/mol. The zero-order valence-corrected chi connectivity index (χ0v) is 9.87. The molecule has 0 amide bonds. The quantitative estimate of drug-likeness (QED) is 0.777. The van der Waals surface area contributed by atoms with Crippen LogP contribution >= 0.6 is 11.8 Å². The van der Waals surface area contributed by atoms with E-state index in [9.17, 15) is 0 Å². The summed E-state index contributed by atoms with van der Waals surface area (Å²) >= 11 is 2.10. The third-order valence-electron chi connectivity index (χ3n) is 3.28. The molecule has 3 heteroatoms. The van der Waals surface area contributed by atoms with Gasteiger partial charge in [-0.25, -0.2) is 0 Å². The molecule has 2 nitrogen and oxygen atoms in total. The van der Waals surface area contributed by atoms with Gasteiger partial charge in [-0.15, -0.1) is 0 Å². The number of thioether (sulfide) groups is 1. The number of rotatable bonds is 3. The largest absolute Gasteiger partial charge is 0.380 e. The van der Waals surface area contributed by atoms with E-state index in [1.54, 1.807) is 0 Å². The fourth-order valence-corrected chi connectivity index (χ4v) is 3.49. The van der Waals surface area contributed by atoms with Crippen LogP contribution in [-0.2, 0) is 4.74 Å². The second-order valence-corrected chi connectivity index (χ2v) is 5.98. The van der Waals surface area contributed by atoms with Gasteiger partial charge in [-0.1, -0.05) is 0 Å². The second-order valence-electron chi connectivity index (χ2n) is 4.83. The number of nitrogens with one attached hydrogen (secondary N) is 1. The topological polar surface area (TPSA) is 21.3 Å². The Bertz CT molecular complexity index is 174. The summed E-state index contributed by atoms with van der Waals surface area (Å²) in [6.45, 7) is 5.34. The van der Waals surface area contributed by atoms with Crippen LogP contribution in [0.5, 0.6) is 0 Å². The van der Waals surface area contributed by atoms with Gasteiger partial charge < -0.3 is 10.1 Å². The van der Waals surface area contributed by atoms with Crippen molar-refractivity contribution >= 4 is 11.8 Å². The average molecular weight is 215 g/mol. The second kappa shape index (κ2) is 4.86. The number of ether oxygens (including phenoxy) is 1. The first kappa shape index (κ1) is 10.8. The van der Waals surface area contributed by atoms with Crippen LogP contribution in [0.25, 0.3) is 0 Å². The minimum atomic E-state index is 0.255. The summed E-state index contributed by atoms with van der Waals surface area (Å²) in [5, 5.41) is 3.70. The van der Waals surface area contributed by atoms with Gasteiger partial charge in [-0.05, 0) is 50.2 Å². The molecule has 2 rings (SSSR count). The maximum Gasteiger partial charge on any atom is 0.0645 e. The van der Waals surface area contributed by atoms with Gasteiger partial charge in [-0.3, -0.25) is 0 Å². The van der Waals surface area contributed by atoms with Crippen LogP contribution < -0.4 is 5.32 Å². The lowest BCUT2D eigenvalue weighted by atomic mass is 9.94. The summed E-state index contributed by atoms with van der Waals surface area (Å²) in [6, 6.07) is 0. The molecule has 0 aromatic rings. The summed E-state index contributed by atoms with van der Waals surface area (Å²) in [7, 11) is 0. The molecule has 0 aliphatic carbocycles. The fraction of sp³-hybridized carbons (Fsp3) is 1.00. The highest BCUT2D eigenvalue weighted by molar-refractivity contribution is 7.99. The lowest BCUT2D eigenvalue weighted by molar-refractivity contribution is 0.0273. The number of hydrogen-bond acceptors (Lipinski definition) is 3. The van der Waals surface area contributed by atoms with Crippen LogP contribution in [0.3, 0.4) is 0 Å². The molecule has 2 unspecified atom stereocenters. The molecule has 1 N–H and O–H groups in total. The maximum absolute atomic E-state index is 5.53. The van der Waals surface area contributed by atoms with Crippen molar-refractivity contribution in [2.45, 2.75) is 31.7 Å². The van der Waals surface area contributed by atoms with Gasteiger partial charge in [0.05, 0.1) is 6.61 Å². The minimum Gasteiger partial charge on any atom is -0.380 e. The standard InChI is InChI=1S/C11H21NOS/c1-11(4-2-5-13-9-11)12-7-10-3-6-14-8-10/h10,12H,2-9H2,1H3. The van der Waals surface area contributed by atoms with Crippen molar-refractivity contribution in [1.29, 1.82) is 0 Å². The zero-order chi connectivity index (χ0) is 9.86. The van der Waals surface area contributed by atoms with Gasteiger partial charge in [0.2, 0.25) is 0 Å². The van der Waals surface area contributed by atoms with Crippen LogP contribution in [0.2, 0.25) is 0 Å². The van der Waals surface area contributed by atoms with Crippen LogP contribution in [-0.4, -0.2) is 36.8 Å². The van der Waals surface area contributed by atoms with Gasteiger partial charge in [0.25, 0.3) is 0 Å². The smallest absolute Gasteiger partial charge is 0.0645 e. The first-order chi connectivity index (χ1) is 6.79. The minimum absolute atomic E-state index is 0.255. The van der Waals surface area contributed by atoms with E-state index < -0.39 is 0 Å². The van der Waals surface area contributed by atoms with Crippen molar-refractivity contribution in [3.05, 3.63) is 0 Å². The Hall–Kier alpha value is 0.270. The van der Waals surface area contributed by atoms with Gasteiger partial charge >= 0.3 is 0 Å². The molecule has 82 valence electrons. The van der Waals surface area contributed by atoms with Crippen LogP contribution in [0.4, 0.5) is 0 Å². The lowest BCUT2D eigenvalue weighted by Crippen LogP contribution is -2.50. The van der Waals surface area contributed by atoms with Crippen molar-refractivity contribution in [2.24, 2.45) is 5.92 Å². The summed E-state index contributed by atoms with van der Waals surface area (Å²) in [5.74, 6) is 3.61. The van der Waals surface area contributed by atoms with E-state index in [1.165, 1.54) is 37.3 Å². The fourth-order valence-electron chi connectivity index (χ4n) is 2.21. The molecule has 2 aliphatic rings. The molecule has 2 atom stereocenters. The molecule has 2 saturated heterocycles. The van der Waals surface area contributed by atoms with E-state index in [4.69, 9.17) is 4.74 Å². The Morgan fingerprint density at radius 3 is 3.14 bits per heavy atom. The molecule has 14 heavy (non-hydrogen) atoms. The SMILES string of the molecule is CC1(NCC2CCSC2)CCCOC1. The molecule has 0 aromatic carbocycles. The van der Waals surface area contributed by atoms with Crippen molar-refractivity contribution < 1.29 is 4.74 Å². The molecular formula is C11H21NOS. The van der Waals surface area contributed by atoms with E-state index in [0.717, 1.165) is 19.1 Å². The predicted molar refractivity (Wildman–Crippen MR) is 61.9 cm³/mol. The molecule has 0 radical (unpaired) electrons. The Morgan fingerprint density at radius 2 is 2.50 bits per heavy atom.